The fourth-order valence-electron chi connectivity index (χ4n) is 2.77. The second-order valence-electron chi connectivity index (χ2n) is 6.23. The molecular weight excluding hydrogens is 272 g/mol. The van der Waals surface area contributed by atoms with E-state index in [-0.39, 0.29) is 0 Å². The number of rotatable bonds is 11. The summed E-state index contributed by atoms with van der Waals surface area (Å²) in [6.45, 7) is 8.69. The van der Waals surface area contributed by atoms with Gasteiger partial charge >= 0.3 is 0 Å². The molecule has 2 heterocycles. The largest absolute Gasteiger partial charge is 0.349 e. The van der Waals surface area contributed by atoms with Crippen LogP contribution in [0.2, 0.25) is 0 Å². The third kappa shape index (κ3) is 6.63. The molecule has 0 amide bonds. The van der Waals surface area contributed by atoms with Crippen LogP contribution in [0.25, 0.3) is 0 Å². The van der Waals surface area contributed by atoms with Gasteiger partial charge in [0, 0.05) is 52.0 Å². The van der Waals surface area contributed by atoms with E-state index in [1.165, 1.54) is 51.4 Å². The molecule has 22 heavy (non-hydrogen) atoms. The monoisotopic (exact) mass is 302 g/mol. The average Bonchev–Trinajstić information content (AvgIpc) is 3.09. The van der Waals surface area contributed by atoms with Crippen LogP contribution in [0.5, 0.6) is 0 Å². The van der Waals surface area contributed by atoms with Gasteiger partial charge in [0.2, 0.25) is 13.3 Å². The molecule has 0 bridgehead atoms. The van der Waals surface area contributed by atoms with Gasteiger partial charge in [-0.05, 0) is 12.8 Å². The van der Waals surface area contributed by atoms with E-state index in [0.29, 0.717) is 0 Å². The van der Waals surface area contributed by atoms with Gasteiger partial charge in [0.1, 0.15) is 0 Å². The van der Waals surface area contributed by atoms with Crippen molar-refractivity contribution in [1.82, 2.24) is 19.6 Å². The van der Waals surface area contributed by atoms with E-state index in [4.69, 9.17) is 0 Å². The Hall–Kier alpha value is -1.32. The van der Waals surface area contributed by atoms with Crippen LogP contribution >= 0.6 is 0 Å². The maximum Gasteiger partial charge on any atom is 0.207 e. The van der Waals surface area contributed by atoms with Crippen LogP contribution in [0.3, 0.4) is 0 Å². The van der Waals surface area contributed by atoms with Crippen molar-refractivity contribution in [1.29, 1.82) is 0 Å². The summed E-state index contributed by atoms with van der Waals surface area (Å²) in [4.78, 5) is 8.26. The highest BCUT2D eigenvalue weighted by Crippen LogP contribution is 2.14. The summed E-state index contributed by atoms with van der Waals surface area (Å²) in [6, 6.07) is 0. The first kappa shape index (κ1) is 17.0. The lowest BCUT2D eigenvalue weighted by molar-refractivity contribution is 0.364. The normalized spacial score (nSPS) is 17.4. The van der Waals surface area contributed by atoms with Gasteiger partial charge in [0.15, 0.2) is 0 Å². The predicted molar refractivity (Wildman–Crippen MR) is 90.6 cm³/mol. The second kappa shape index (κ2) is 9.65. The predicted octanol–water partition coefficient (Wildman–Crippen LogP) is 3.54. The van der Waals surface area contributed by atoms with Gasteiger partial charge in [-0.1, -0.05) is 38.5 Å². The highest BCUT2D eigenvalue weighted by Gasteiger charge is 2.10. The zero-order valence-electron chi connectivity index (χ0n) is 14.2. The van der Waals surface area contributed by atoms with E-state index in [1.54, 1.807) is 0 Å². The number of unbranched alkanes of at least 4 members (excludes halogenated alkanes) is 7. The molecule has 0 aromatic carbocycles. The third-order valence-corrected chi connectivity index (χ3v) is 4.06. The van der Waals surface area contributed by atoms with Gasteiger partial charge in [-0.3, -0.25) is 0 Å². The highest BCUT2D eigenvalue weighted by molar-refractivity contribution is 4.95. The standard InChI is InChI=1S/C18H30N4/c1-19-13-15-21(17-19)11-9-7-5-3-4-6-8-10-12-22-16-14-20(2)18-22/h13-16H,3-12H2,1-2H3. The van der Waals surface area contributed by atoms with Crippen LogP contribution in [-0.4, -0.2) is 46.8 Å². The molecule has 2 aliphatic rings. The molecule has 4 nitrogen and oxygen atoms in total. The lowest BCUT2D eigenvalue weighted by Gasteiger charge is -2.15. The molecule has 4 heteroatoms. The van der Waals surface area contributed by atoms with Crippen molar-refractivity contribution < 1.29 is 0 Å². The quantitative estimate of drug-likeness (QED) is 0.541. The maximum atomic E-state index is 3.24. The van der Waals surface area contributed by atoms with Gasteiger partial charge < -0.3 is 19.6 Å². The molecule has 0 aliphatic carbocycles. The van der Waals surface area contributed by atoms with Crippen molar-refractivity contribution in [2.45, 2.75) is 51.4 Å². The minimum atomic E-state index is 1.10. The van der Waals surface area contributed by atoms with Crippen molar-refractivity contribution in [2.75, 3.05) is 27.2 Å². The van der Waals surface area contributed by atoms with Crippen LogP contribution < -0.4 is 0 Å². The Bertz CT molecular complexity index is 319. The van der Waals surface area contributed by atoms with Crippen molar-refractivity contribution in [3.63, 3.8) is 0 Å². The van der Waals surface area contributed by atoms with E-state index in [2.05, 4.69) is 35.5 Å². The molecule has 0 aromatic heterocycles. The van der Waals surface area contributed by atoms with E-state index in [0.717, 1.165) is 13.1 Å². The van der Waals surface area contributed by atoms with Crippen LogP contribution in [0.15, 0.2) is 24.8 Å². The molecule has 0 aromatic rings. The van der Waals surface area contributed by atoms with Crippen LogP contribution in [0, 0.1) is 13.3 Å². The lowest BCUT2D eigenvalue weighted by atomic mass is 10.1. The summed E-state index contributed by atoms with van der Waals surface area (Å²) in [5.41, 5.74) is 0. The van der Waals surface area contributed by atoms with Crippen LogP contribution in [-0.2, 0) is 0 Å². The second-order valence-corrected chi connectivity index (χ2v) is 6.23. The van der Waals surface area contributed by atoms with E-state index < -0.39 is 0 Å². The summed E-state index contributed by atoms with van der Waals surface area (Å²) >= 11 is 0. The van der Waals surface area contributed by atoms with Crippen LogP contribution in [0.4, 0.5) is 0 Å². The summed E-state index contributed by atoms with van der Waals surface area (Å²) in [6.07, 6.45) is 19.0. The topological polar surface area (TPSA) is 13.0 Å². The number of hydrogen-bond donors (Lipinski definition) is 0. The molecular formula is C18H30N4. The number of hydrogen-bond acceptors (Lipinski definition) is 4. The summed E-state index contributed by atoms with van der Waals surface area (Å²) in [5, 5.41) is 0. The minimum absolute atomic E-state index is 1.10. The fraction of sp³-hybridized carbons (Fsp3) is 0.667. The lowest BCUT2D eigenvalue weighted by Crippen LogP contribution is -2.17. The van der Waals surface area contributed by atoms with Crippen molar-refractivity contribution in [3.8, 4) is 0 Å². The summed E-state index contributed by atoms with van der Waals surface area (Å²) in [5.74, 6) is 0. The third-order valence-electron chi connectivity index (χ3n) is 4.06. The average molecular weight is 302 g/mol. The van der Waals surface area contributed by atoms with Gasteiger partial charge in [0.05, 0.1) is 0 Å². The molecule has 0 saturated heterocycles. The molecule has 0 N–H and O–H groups in total. The zero-order chi connectivity index (χ0) is 15.6. The molecule has 0 fully saturated rings. The summed E-state index contributed by atoms with van der Waals surface area (Å²) < 4.78 is 0. The first-order chi connectivity index (χ1) is 10.7. The maximum absolute atomic E-state index is 3.24. The molecule has 4 radical (unpaired) electrons. The first-order valence-electron chi connectivity index (χ1n) is 8.62. The SMILES string of the molecule is CN1[C]N(CCCCCCCCCCN2[C]N(C)C=C2)C=C1. The molecule has 0 spiro atoms. The molecule has 2 rings (SSSR count). The fourth-order valence-corrected chi connectivity index (χ4v) is 2.77. The van der Waals surface area contributed by atoms with Crippen molar-refractivity contribution in [3.05, 3.63) is 38.1 Å². The minimum Gasteiger partial charge on any atom is -0.349 e. The van der Waals surface area contributed by atoms with Gasteiger partial charge in [0.25, 0.3) is 0 Å². The molecule has 0 atom stereocenters. The van der Waals surface area contributed by atoms with E-state index >= 15 is 0 Å². The zero-order valence-corrected chi connectivity index (χ0v) is 14.2. The van der Waals surface area contributed by atoms with Crippen LogP contribution in [0.1, 0.15) is 51.4 Å². The first-order valence-corrected chi connectivity index (χ1v) is 8.62. The molecule has 0 saturated carbocycles. The van der Waals surface area contributed by atoms with E-state index in [1.807, 2.05) is 36.3 Å². The van der Waals surface area contributed by atoms with Crippen molar-refractivity contribution in [2.24, 2.45) is 0 Å². The Labute approximate surface area is 137 Å². The van der Waals surface area contributed by atoms with Gasteiger partial charge in [-0.2, -0.15) is 0 Å². The summed E-state index contributed by atoms with van der Waals surface area (Å²) in [7, 11) is 4.04. The molecule has 0 unspecified atom stereocenters. The Morgan fingerprint density at radius 1 is 0.545 bits per heavy atom. The number of nitrogens with zero attached hydrogens (tertiary/aromatic N) is 4. The Kier molecular flexibility index (Phi) is 7.47. The van der Waals surface area contributed by atoms with E-state index in [9.17, 15) is 0 Å². The Morgan fingerprint density at radius 2 is 0.909 bits per heavy atom. The Balaban J connectivity index is 1.30. The molecule has 2 aliphatic heterocycles. The van der Waals surface area contributed by atoms with Crippen molar-refractivity contribution >= 4 is 0 Å². The Morgan fingerprint density at radius 3 is 1.23 bits per heavy atom. The van der Waals surface area contributed by atoms with Gasteiger partial charge in [-0.15, -0.1) is 0 Å². The smallest absolute Gasteiger partial charge is 0.207 e. The molecule has 122 valence electrons. The highest BCUT2D eigenvalue weighted by atomic mass is 15.3. The van der Waals surface area contributed by atoms with Gasteiger partial charge in [-0.25, -0.2) is 0 Å².